The molecule has 4 atom stereocenters. The van der Waals surface area contributed by atoms with Crippen LogP contribution in [-0.4, -0.2) is 41.5 Å². The molecule has 0 fully saturated rings. The molecule has 0 N–H and O–H groups in total. The van der Waals surface area contributed by atoms with Crippen molar-refractivity contribution in [2.45, 2.75) is 65.3 Å². The van der Waals surface area contributed by atoms with Gasteiger partial charge in [-0.1, -0.05) is 158 Å². The summed E-state index contributed by atoms with van der Waals surface area (Å²) in [5, 5.41) is 0. The van der Waals surface area contributed by atoms with E-state index in [9.17, 15) is 0 Å². The van der Waals surface area contributed by atoms with Crippen molar-refractivity contribution in [2.24, 2.45) is 18.4 Å². The van der Waals surface area contributed by atoms with Crippen molar-refractivity contribution in [2.75, 3.05) is 24.7 Å². The van der Waals surface area contributed by atoms with Gasteiger partial charge in [0.15, 0.2) is 0 Å². The molecule has 57 heavy (non-hydrogen) atoms. The SMILES string of the molecule is CC1=C(/C=C\C=C\[C@H](C)Cc2cccn2C)[C@]1(CCSCCOCc1ccccc1)[C@H](OCc1ccccc1)[C@@H](COCc1ccccc1)OCc1ccccc1. The molecule has 1 heterocycles. The number of rotatable bonds is 25. The van der Waals surface area contributed by atoms with Crippen molar-refractivity contribution in [1.29, 1.82) is 0 Å². The zero-order valence-electron chi connectivity index (χ0n) is 33.9. The van der Waals surface area contributed by atoms with E-state index in [-0.39, 0.29) is 17.6 Å². The Hall–Kier alpha value is -4.43. The number of aromatic nitrogens is 1. The van der Waals surface area contributed by atoms with E-state index >= 15 is 0 Å². The normalized spacial score (nSPS) is 17.0. The summed E-state index contributed by atoms with van der Waals surface area (Å²) in [5.74, 6) is 2.31. The molecule has 0 bridgehead atoms. The molecule has 1 aliphatic carbocycles. The summed E-state index contributed by atoms with van der Waals surface area (Å²) in [6, 6.07) is 46.0. The third kappa shape index (κ3) is 12.8. The first-order valence-corrected chi connectivity index (χ1v) is 21.5. The molecule has 298 valence electrons. The number of ether oxygens (including phenoxy) is 4. The number of allylic oxidation sites excluding steroid dienone is 4. The van der Waals surface area contributed by atoms with Crippen molar-refractivity contribution in [3.8, 4) is 0 Å². The Morgan fingerprint density at radius 2 is 1.21 bits per heavy atom. The Morgan fingerprint density at radius 3 is 1.79 bits per heavy atom. The van der Waals surface area contributed by atoms with Gasteiger partial charge in [-0.05, 0) is 71.4 Å². The van der Waals surface area contributed by atoms with Gasteiger partial charge in [0.05, 0.1) is 45.7 Å². The zero-order chi connectivity index (χ0) is 39.5. The quantitative estimate of drug-likeness (QED) is 0.0436. The monoisotopic (exact) mass is 781 g/mol. The van der Waals surface area contributed by atoms with Crippen molar-refractivity contribution in [3.05, 3.63) is 203 Å². The Balaban J connectivity index is 1.22. The molecule has 5 aromatic rings. The van der Waals surface area contributed by atoms with Gasteiger partial charge in [-0.25, -0.2) is 0 Å². The predicted molar refractivity (Wildman–Crippen MR) is 236 cm³/mol. The second-order valence-electron chi connectivity index (χ2n) is 15.0. The van der Waals surface area contributed by atoms with Crippen LogP contribution in [0.5, 0.6) is 0 Å². The first-order valence-electron chi connectivity index (χ1n) is 20.3. The molecule has 5 nitrogen and oxygen atoms in total. The van der Waals surface area contributed by atoms with Gasteiger partial charge in [-0.3, -0.25) is 0 Å². The van der Waals surface area contributed by atoms with Crippen LogP contribution in [0, 0.1) is 11.3 Å². The van der Waals surface area contributed by atoms with Crippen molar-refractivity contribution >= 4 is 11.8 Å². The predicted octanol–water partition coefficient (Wildman–Crippen LogP) is 11.4. The van der Waals surface area contributed by atoms with Crippen molar-refractivity contribution < 1.29 is 18.9 Å². The van der Waals surface area contributed by atoms with E-state index in [4.69, 9.17) is 18.9 Å². The highest BCUT2D eigenvalue weighted by Gasteiger charge is 2.57. The molecule has 6 rings (SSSR count). The molecule has 0 unspecified atom stereocenters. The van der Waals surface area contributed by atoms with Crippen LogP contribution in [0.1, 0.15) is 48.2 Å². The second kappa shape index (κ2) is 22.5. The lowest BCUT2D eigenvalue weighted by Gasteiger charge is -2.36. The minimum atomic E-state index is -0.321. The molecule has 0 spiro atoms. The van der Waals surface area contributed by atoms with E-state index < -0.39 is 0 Å². The maximum Gasteiger partial charge on any atom is 0.109 e. The van der Waals surface area contributed by atoms with Gasteiger partial charge >= 0.3 is 0 Å². The highest BCUT2D eigenvalue weighted by molar-refractivity contribution is 7.99. The molecule has 0 radical (unpaired) electrons. The zero-order valence-corrected chi connectivity index (χ0v) is 34.7. The van der Waals surface area contributed by atoms with Crippen LogP contribution in [0.3, 0.4) is 0 Å². The Bertz CT molecular complexity index is 1980. The minimum Gasteiger partial charge on any atom is -0.376 e. The highest BCUT2D eigenvalue weighted by Crippen LogP contribution is 2.60. The molecule has 6 heteroatoms. The van der Waals surface area contributed by atoms with Gasteiger partial charge < -0.3 is 23.5 Å². The summed E-state index contributed by atoms with van der Waals surface area (Å²) in [6.45, 7) is 7.78. The van der Waals surface area contributed by atoms with E-state index in [0.717, 1.165) is 41.0 Å². The summed E-state index contributed by atoms with van der Waals surface area (Å²) in [6.07, 6.45) is 12.5. The summed E-state index contributed by atoms with van der Waals surface area (Å²) in [4.78, 5) is 0. The number of aryl methyl sites for hydroxylation is 1. The maximum atomic E-state index is 7.13. The molecular weight excluding hydrogens is 723 g/mol. The third-order valence-electron chi connectivity index (χ3n) is 10.8. The number of hydrogen-bond donors (Lipinski definition) is 0. The molecule has 0 saturated heterocycles. The van der Waals surface area contributed by atoms with Gasteiger partial charge in [0.25, 0.3) is 0 Å². The average molecular weight is 782 g/mol. The van der Waals surface area contributed by atoms with Crippen LogP contribution in [0.15, 0.2) is 175 Å². The van der Waals surface area contributed by atoms with Crippen LogP contribution in [0.2, 0.25) is 0 Å². The average Bonchev–Trinajstić information content (AvgIpc) is 3.57. The second-order valence-corrected chi connectivity index (χ2v) is 16.2. The third-order valence-corrected chi connectivity index (χ3v) is 11.8. The van der Waals surface area contributed by atoms with Gasteiger partial charge in [0.2, 0.25) is 0 Å². The van der Waals surface area contributed by atoms with E-state index in [0.29, 0.717) is 45.6 Å². The first kappa shape index (κ1) is 42.2. The van der Waals surface area contributed by atoms with Gasteiger partial charge in [-0.2, -0.15) is 11.8 Å². The Labute approximate surface area is 345 Å². The molecule has 0 amide bonds. The Morgan fingerprint density at radius 1 is 0.649 bits per heavy atom. The lowest BCUT2D eigenvalue weighted by Crippen LogP contribution is -2.44. The summed E-state index contributed by atoms with van der Waals surface area (Å²) in [5.41, 5.74) is 8.34. The van der Waals surface area contributed by atoms with E-state index in [1.807, 2.05) is 30.0 Å². The largest absolute Gasteiger partial charge is 0.376 e. The van der Waals surface area contributed by atoms with Crippen LogP contribution < -0.4 is 0 Å². The van der Waals surface area contributed by atoms with Crippen LogP contribution in [-0.2, 0) is 58.8 Å². The molecular formula is C51H59NO4S. The van der Waals surface area contributed by atoms with E-state index in [1.54, 1.807) is 0 Å². The summed E-state index contributed by atoms with van der Waals surface area (Å²) >= 11 is 1.94. The standard InChI is InChI=1S/C51H59NO4S/c1-41(35-47-28-18-31-52(47)3)19-16-17-29-48-42(2)51(48,30-33-57-34-32-53-36-43-20-8-4-9-21-43)50(56-39-46-26-14-7-15-27-46)49(55-38-45-24-12-6-13-25-45)40-54-37-44-22-10-5-11-23-44/h4-29,31,41,49-50H,30,32-40H2,1-3H3/b19-16+,29-17-/t41-,49+,50+,51+/m0/s1. The number of benzene rings is 4. The fourth-order valence-electron chi connectivity index (χ4n) is 7.53. The van der Waals surface area contributed by atoms with Gasteiger partial charge in [-0.15, -0.1) is 0 Å². The topological polar surface area (TPSA) is 41.9 Å². The van der Waals surface area contributed by atoms with Crippen molar-refractivity contribution in [1.82, 2.24) is 4.57 Å². The number of thioether (sulfide) groups is 1. The Kier molecular flexibility index (Phi) is 16.6. The molecule has 1 aliphatic rings. The van der Waals surface area contributed by atoms with Crippen LogP contribution in [0.4, 0.5) is 0 Å². The van der Waals surface area contributed by atoms with Crippen molar-refractivity contribution in [3.63, 3.8) is 0 Å². The number of hydrogen-bond acceptors (Lipinski definition) is 5. The van der Waals surface area contributed by atoms with Crippen LogP contribution >= 0.6 is 11.8 Å². The van der Waals surface area contributed by atoms with Crippen LogP contribution in [0.25, 0.3) is 0 Å². The molecule has 1 aromatic heterocycles. The van der Waals surface area contributed by atoms with Gasteiger partial charge in [0.1, 0.15) is 6.10 Å². The smallest absolute Gasteiger partial charge is 0.109 e. The lowest BCUT2D eigenvalue weighted by atomic mass is 9.83. The first-order chi connectivity index (χ1) is 28.0. The summed E-state index contributed by atoms with van der Waals surface area (Å²) < 4.78 is 28.8. The fourth-order valence-corrected chi connectivity index (χ4v) is 8.44. The minimum absolute atomic E-state index is 0.271. The molecule has 0 saturated carbocycles. The maximum absolute atomic E-state index is 7.13. The fraction of sp³-hybridized carbons (Fsp3) is 0.333. The number of nitrogens with zero attached hydrogens (tertiary/aromatic N) is 1. The van der Waals surface area contributed by atoms with E-state index in [1.165, 1.54) is 22.4 Å². The lowest BCUT2D eigenvalue weighted by molar-refractivity contribution is -0.139. The highest BCUT2D eigenvalue weighted by atomic mass is 32.2. The molecule has 4 aromatic carbocycles. The summed E-state index contributed by atoms with van der Waals surface area (Å²) in [7, 11) is 2.11. The van der Waals surface area contributed by atoms with Gasteiger partial charge in [0, 0.05) is 30.1 Å². The van der Waals surface area contributed by atoms with E-state index in [2.05, 4.69) is 171 Å². The molecule has 0 aliphatic heterocycles.